The highest BCUT2D eigenvalue weighted by molar-refractivity contribution is 5.78. The van der Waals surface area contributed by atoms with Gasteiger partial charge in [0.15, 0.2) is 0 Å². The normalized spacial score (nSPS) is 18.9. The highest BCUT2D eigenvalue weighted by atomic mass is 16.6. The molecule has 0 aromatic carbocycles. The van der Waals surface area contributed by atoms with Crippen molar-refractivity contribution in [3.8, 4) is 0 Å². The third-order valence-electron chi connectivity index (χ3n) is 5.72. The monoisotopic (exact) mass is 409 g/mol. The van der Waals surface area contributed by atoms with E-state index in [0.29, 0.717) is 19.5 Å². The molecule has 2 aliphatic rings. The number of hydrogen-bond donors (Lipinski definition) is 2. The Morgan fingerprint density at radius 1 is 0.966 bits per heavy atom. The molecule has 0 atom stereocenters. The summed E-state index contributed by atoms with van der Waals surface area (Å²) in [5.74, 6) is 0.910. The van der Waals surface area contributed by atoms with Crippen LogP contribution in [0.4, 0.5) is 4.79 Å². The predicted octanol–water partition coefficient (Wildman–Crippen LogP) is 3.37. The van der Waals surface area contributed by atoms with Gasteiger partial charge in [-0.15, -0.1) is 0 Å². The van der Waals surface area contributed by atoms with Gasteiger partial charge in [-0.25, -0.2) is 4.79 Å². The van der Waals surface area contributed by atoms with E-state index < -0.39 is 11.7 Å². The third kappa shape index (κ3) is 9.50. The molecule has 0 spiro atoms. The quantitative estimate of drug-likeness (QED) is 0.675. The van der Waals surface area contributed by atoms with E-state index in [1.807, 2.05) is 4.90 Å². The fraction of sp³-hybridized carbons (Fsp3) is 0.864. The molecule has 1 heterocycles. The average molecular weight is 410 g/mol. The molecule has 7 nitrogen and oxygen atoms in total. The van der Waals surface area contributed by atoms with Crippen molar-refractivity contribution in [3.63, 3.8) is 0 Å². The second-order valence-electron chi connectivity index (χ2n) is 9.44. The van der Waals surface area contributed by atoms with Crippen molar-refractivity contribution >= 4 is 17.9 Å². The first-order valence-electron chi connectivity index (χ1n) is 11.3. The molecular weight excluding hydrogens is 370 g/mol. The van der Waals surface area contributed by atoms with Crippen molar-refractivity contribution < 1.29 is 19.1 Å². The topological polar surface area (TPSA) is 87.7 Å². The number of likely N-dealkylation sites (tertiary alicyclic amines) is 1. The van der Waals surface area contributed by atoms with Crippen LogP contribution >= 0.6 is 0 Å². The fourth-order valence-electron chi connectivity index (χ4n) is 4.13. The Labute approximate surface area is 175 Å². The number of rotatable bonds is 7. The van der Waals surface area contributed by atoms with Crippen molar-refractivity contribution in [1.82, 2.24) is 15.5 Å². The Morgan fingerprint density at radius 2 is 1.62 bits per heavy atom. The molecule has 2 fully saturated rings. The first-order chi connectivity index (χ1) is 13.7. The van der Waals surface area contributed by atoms with Crippen LogP contribution in [0, 0.1) is 5.92 Å². The summed E-state index contributed by atoms with van der Waals surface area (Å²) < 4.78 is 5.16. The van der Waals surface area contributed by atoms with E-state index in [1.54, 1.807) is 20.8 Å². The van der Waals surface area contributed by atoms with Crippen molar-refractivity contribution in [2.24, 2.45) is 5.92 Å². The van der Waals surface area contributed by atoms with E-state index in [4.69, 9.17) is 4.74 Å². The highest BCUT2D eigenvalue weighted by Gasteiger charge is 2.24. The maximum absolute atomic E-state index is 12.3. The summed E-state index contributed by atoms with van der Waals surface area (Å²) in [6, 6.07) is 0.165. The second-order valence-corrected chi connectivity index (χ2v) is 9.44. The number of carbonyl (C=O) groups excluding carboxylic acids is 3. The molecule has 0 aromatic rings. The molecule has 0 bridgehead atoms. The largest absolute Gasteiger partial charge is 0.444 e. The Morgan fingerprint density at radius 3 is 2.24 bits per heavy atom. The first-order valence-corrected chi connectivity index (χ1v) is 11.3. The number of amides is 3. The van der Waals surface area contributed by atoms with Crippen molar-refractivity contribution in [2.75, 3.05) is 19.6 Å². The molecule has 3 amide bonds. The van der Waals surface area contributed by atoms with Crippen LogP contribution in [0.3, 0.4) is 0 Å². The summed E-state index contributed by atoms with van der Waals surface area (Å²) in [6.45, 7) is 6.98. The second kappa shape index (κ2) is 11.4. The van der Waals surface area contributed by atoms with Gasteiger partial charge in [0.25, 0.3) is 0 Å². The number of piperidine rings is 1. The van der Waals surface area contributed by atoms with E-state index in [2.05, 4.69) is 10.6 Å². The number of alkyl carbamates (subject to hydrolysis) is 1. The number of nitrogens with one attached hydrogen (secondary N) is 2. The van der Waals surface area contributed by atoms with Crippen LogP contribution < -0.4 is 10.6 Å². The van der Waals surface area contributed by atoms with Gasteiger partial charge in [-0.2, -0.15) is 0 Å². The molecule has 0 radical (unpaired) electrons. The minimum absolute atomic E-state index is 0.0307. The molecule has 166 valence electrons. The molecule has 2 N–H and O–H groups in total. The minimum Gasteiger partial charge on any atom is -0.444 e. The lowest BCUT2D eigenvalue weighted by atomic mass is 9.86. The van der Waals surface area contributed by atoms with Gasteiger partial charge >= 0.3 is 6.09 Å². The van der Waals surface area contributed by atoms with Crippen LogP contribution in [0.2, 0.25) is 0 Å². The number of ether oxygens (including phenoxy) is 1. The minimum atomic E-state index is -0.545. The summed E-state index contributed by atoms with van der Waals surface area (Å²) in [5.41, 5.74) is -0.545. The van der Waals surface area contributed by atoms with E-state index in [9.17, 15) is 14.4 Å². The van der Waals surface area contributed by atoms with Crippen LogP contribution in [-0.2, 0) is 14.3 Å². The Hall–Kier alpha value is -1.79. The van der Waals surface area contributed by atoms with Gasteiger partial charge in [0.1, 0.15) is 5.60 Å². The SMILES string of the molecule is CC(C)(C)OC(=O)NCCC(=O)N1CCC(NC(=O)CCC2CCCCC2)CC1. The number of carbonyl (C=O) groups is 3. The maximum atomic E-state index is 12.3. The lowest BCUT2D eigenvalue weighted by Crippen LogP contribution is -2.47. The number of nitrogens with zero attached hydrogens (tertiary/aromatic N) is 1. The predicted molar refractivity (Wildman–Crippen MR) is 112 cm³/mol. The zero-order chi connectivity index (χ0) is 21.3. The molecule has 2 rings (SSSR count). The molecule has 1 aliphatic carbocycles. The number of hydrogen-bond acceptors (Lipinski definition) is 4. The first kappa shape index (κ1) is 23.5. The van der Waals surface area contributed by atoms with Crippen LogP contribution in [0.25, 0.3) is 0 Å². The molecule has 0 unspecified atom stereocenters. The summed E-state index contributed by atoms with van der Waals surface area (Å²) in [4.78, 5) is 38.0. The molecule has 1 saturated heterocycles. The van der Waals surface area contributed by atoms with E-state index in [0.717, 1.165) is 25.2 Å². The average Bonchev–Trinajstić information content (AvgIpc) is 2.66. The maximum Gasteiger partial charge on any atom is 0.407 e. The van der Waals surface area contributed by atoms with E-state index in [1.165, 1.54) is 32.1 Å². The summed E-state index contributed by atoms with van der Waals surface area (Å²) >= 11 is 0. The van der Waals surface area contributed by atoms with Crippen molar-refractivity contribution in [2.45, 2.75) is 96.6 Å². The summed E-state index contributed by atoms with van der Waals surface area (Å²) in [6.07, 6.45) is 9.49. The standard InChI is InChI=1S/C22H39N3O4/c1-22(2,3)29-21(28)23-14-11-20(27)25-15-12-18(13-16-25)24-19(26)10-9-17-7-5-4-6-8-17/h17-18H,4-16H2,1-3H3,(H,23,28)(H,24,26). The Balaban J connectivity index is 1.57. The van der Waals surface area contributed by atoms with Gasteiger partial charge in [-0.05, 0) is 46.0 Å². The zero-order valence-corrected chi connectivity index (χ0v) is 18.4. The molecule has 1 aliphatic heterocycles. The Kier molecular flexibility index (Phi) is 9.24. The molecule has 29 heavy (non-hydrogen) atoms. The van der Waals surface area contributed by atoms with Crippen molar-refractivity contribution in [1.29, 1.82) is 0 Å². The van der Waals surface area contributed by atoms with Gasteiger partial charge in [-0.3, -0.25) is 9.59 Å². The van der Waals surface area contributed by atoms with Gasteiger partial charge < -0.3 is 20.3 Å². The van der Waals surface area contributed by atoms with Crippen LogP contribution in [0.15, 0.2) is 0 Å². The van der Waals surface area contributed by atoms with E-state index >= 15 is 0 Å². The molecule has 1 saturated carbocycles. The zero-order valence-electron chi connectivity index (χ0n) is 18.4. The fourth-order valence-corrected chi connectivity index (χ4v) is 4.13. The highest BCUT2D eigenvalue weighted by Crippen LogP contribution is 2.27. The van der Waals surface area contributed by atoms with E-state index in [-0.39, 0.29) is 30.8 Å². The smallest absolute Gasteiger partial charge is 0.407 e. The van der Waals surface area contributed by atoms with Gasteiger partial charge in [0.2, 0.25) is 11.8 Å². The summed E-state index contributed by atoms with van der Waals surface area (Å²) in [5, 5.41) is 5.77. The van der Waals surface area contributed by atoms with Crippen LogP contribution in [0.5, 0.6) is 0 Å². The molecule has 0 aromatic heterocycles. The lowest BCUT2D eigenvalue weighted by Gasteiger charge is -2.32. The summed E-state index contributed by atoms with van der Waals surface area (Å²) in [7, 11) is 0. The van der Waals surface area contributed by atoms with Gasteiger partial charge in [-0.1, -0.05) is 32.1 Å². The molecular formula is C22H39N3O4. The Bertz CT molecular complexity index is 545. The van der Waals surface area contributed by atoms with Gasteiger partial charge in [0, 0.05) is 38.5 Å². The van der Waals surface area contributed by atoms with Crippen molar-refractivity contribution in [3.05, 3.63) is 0 Å². The molecule has 7 heteroatoms. The third-order valence-corrected chi connectivity index (χ3v) is 5.72. The van der Waals surface area contributed by atoms with Crippen LogP contribution in [0.1, 0.15) is 85.0 Å². The van der Waals surface area contributed by atoms with Crippen LogP contribution in [-0.4, -0.2) is 54.1 Å². The van der Waals surface area contributed by atoms with Gasteiger partial charge in [0.05, 0.1) is 0 Å². The lowest BCUT2D eigenvalue weighted by molar-refractivity contribution is -0.132.